The molecule has 10 nitrogen and oxygen atoms in total. The molecule has 4 rings (SSSR count). The number of aromatic amines is 1. The Kier molecular flexibility index (Phi) is 8.79. The lowest BCUT2D eigenvalue weighted by Crippen LogP contribution is -2.47. The number of aromatic nitrogens is 2. The van der Waals surface area contributed by atoms with E-state index in [2.05, 4.69) is 20.5 Å². The molecule has 3 heterocycles. The zero-order valence-electron chi connectivity index (χ0n) is 23.7. The number of amides is 2. The topological polar surface area (TPSA) is 134 Å². The van der Waals surface area contributed by atoms with Gasteiger partial charge in [0.15, 0.2) is 0 Å². The third kappa shape index (κ3) is 6.45. The summed E-state index contributed by atoms with van der Waals surface area (Å²) in [6, 6.07) is 10.7. The van der Waals surface area contributed by atoms with Crippen LogP contribution in [0.2, 0.25) is 0 Å². The number of benzene rings is 1. The van der Waals surface area contributed by atoms with Crippen molar-refractivity contribution in [1.82, 2.24) is 25.1 Å². The SMILES string of the molecule is Cc1cc(C)c(CNC(=O)c2cc(-c3cccc(C(=O)N4CCN(C)CC4)c3)nc(NC(C)C)c2C=N)c(=O)[nH]1. The molecule has 4 N–H and O–H groups in total. The number of carbonyl (C=O) groups excluding carboxylic acids is 2. The van der Waals surface area contributed by atoms with Crippen molar-refractivity contribution in [2.75, 3.05) is 38.5 Å². The van der Waals surface area contributed by atoms with Crippen molar-refractivity contribution in [2.45, 2.75) is 40.3 Å². The molecule has 0 spiro atoms. The largest absolute Gasteiger partial charge is 0.367 e. The third-order valence-corrected chi connectivity index (χ3v) is 6.99. The molecule has 0 radical (unpaired) electrons. The summed E-state index contributed by atoms with van der Waals surface area (Å²) in [5.41, 5.74) is 4.09. The molecule has 10 heteroatoms. The maximum Gasteiger partial charge on any atom is 0.253 e. The molecule has 40 heavy (non-hydrogen) atoms. The minimum Gasteiger partial charge on any atom is -0.367 e. The van der Waals surface area contributed by atoms with Gasteiger partial charge in [-0.25, -0.2) is 4.98 Å². The lowest BCUT2D eigenvalue weighted by atomic mass is 10.0. The summed E-state index contributed by atoms with van der Waals surface area (Å²) in [4.78, 5) is 50.7. The van der Waals surface area contributed by atoms with Gasteiger partial charge >= 0.3 is 0 Å². The smallest absolute Gasteiger partial charge is 0.253 e. The molecule has 1 saturated heterocycles. The first-order chi connectivity index (χ1) is 19.1. The molecule has 210 valence electrons. The van der Waals surface area contributed by atoms with E-state index in [0.717, 1.165) is 30.6 Å². The van der Waals surface area contributed by atoms with Gasteiger partial charge in [0.2, 0.25) is 0 Å². The Morgan fingerprint density at radius 3 is 2.50 bits per heavy atom. The van der Waals surface area contributed by atoms with Crippen molar-refractivity contribution in [3.63, 3.8) is 0 Å². The fourth-order valence-corrected chi connectivity index (χ4v) is 4.79. The van der Waals surface area contributed by atoms with Crippen LogP contribution in [0.1, 0.15) is 56.9 Å². The van der Waals surface area contributed by atoms with Gasteiger partial charge in [0.1, 0.15) is 5.82 Å². The second-order valence-corrected chi connectivity index (χ2v) is 10.6. The summed E-state index contributed by atoms with van der Waals surface area (Å²) in [6.07, 6.45) is 1.10. The number of nitrogens with one attached hydrogen (secondary N) is 4. The monoisotopic (exact) mass is 543 g/mol. The van der Waals surface area contributed by atoms with E-state index in [1.54, 1.807) is 18.2 Å². The van der Waals surface area contributed by atoms with Crippen LogP contribution in [0, 0.1) is 19.3 Å². The number of aryl methyl sites for hydroxylation is 2. The molecule has 3 aromatic rings. The van der Waals surface area contributed by atoms with Crippen LogP contribution in [-0.4, -0.2) is 77.1 Å². The number of carbonyl (C=O) groups is 2. The van der Waals surface area contributed by atoms with Crippen molar-refractivity contribution in [3.8, 4) is 11.3 Å². The highest BCUT2D eigenvalue weighted by molar-refractivity contribution is 6.05. The third-order valence-electron chi connectivity index (χ3n) is 6.99. The van der Waals surface area contributed by atoms with Crippen LogP contribution in [0.25, 0.3) is 11.3 Å². The van der Waals surface area contributed by atoms with Crippen LogP contribution in [0.5, 0.6) is 0 Å². The molecule has 0 bridgehead atoms. The number of nitrogens with zero attached hydrogens (tertiary/aromatic N) is 3. The van der Waals surface area contributed by atoms with Crippen molar-refractivity contribution < 1.29 is 9.59 Å². The Bertz CT molecular complexity index is 1490. The first kappa shape index (κ1) is 28.7. The highest BCUT2D eigenvalue weighted by Crippen LogP contribution is 2.27. The molecule has 2 aromatic heterocycles. The van der Waals surface area contributed by atoms with Crippen LogP contribution in [-0.2, 0) is 6.54 Å². The predicted molar refractivity (Wildman–Crippen MR) is 157 cm³/mol. The normalized spacial score (nSPS) is 13.8. The van der Waals surface area contributed by atoms with Crippen molar-refractivity contribution in [2.24, 2.45) is 0 Å². The molecule has 1 aliphatic heterocycles. The van der Waals surface area contributed by atoms with Gasteiger partial charge in [-0.3, -0.25) is 14.4 Å². The van der Waals surface area contributed by atoms with Gasteiger partial charge in [0.25, 0.3) is 17.4 Å². The number of piperazine rings is 1. The van der Waals surface area contributed by atoms with Crippen molar-refractivity contribution in [3.05, 3.63) is 80.3 Å². The number of anilines is 1. The van der Waals surface area contributed by atoms with Gasteiger partial charge in [0.05, 0.1) is 11.3 Å². The van der Waals surface area contributed by atoms with E-state index in [0.29, 0.717) is 46.9 Å². The number of hydrogen-bond acceptors (Lipinski definition) is 7. The summed E-state index contributed by atoms with van der Waals surface area (Å²) in [5, 5.41) is 14.1. The van der Waals surface area contributed by atoms with E-state index in [4.69, 9.17) is 10.4 Å². The fourth-order valence-electron chi connectivity index (χ4n) is 4.79. The number of H-pyrrole nitrogens is 1. The zero-order valence-corrected chi connectivity index (χ0v) is 23.7. The first-order valence-electron chi connectivity index (χ1n) is 13.4. The standard InChI is InChI=1S/C30H37N7O3/c1-18(2)33-27-24(16-31)23(28(38)32-17-25-19(3)13-20(4)34-29(25)39)15-26(35-27)21-7-6-8-22(14-21)30(40)37-11-9-36(5)10-12-37/h6-8,13-16,18,31H,9-12,17H2,1-5H3,(H,32,38)(H,33,35)(H,34,39). The average Bonchev–Trinajstić information content (AvgIpc) is 2.91. The molecule has 0 unspecified atom stereocenters. The molecule has 0 aliphatic carbocycles. The van der Waals surface area contributed by atoms with Gasteiger partial charge in [-0.1, -0.05) is 12.1 Å². The Balaban J connectivity index is 1.69. The van der Waals surface area contributed by atoms with Gasteiger partial charge in [-0.15, -0.1) is 0 Å². The lowest BCUT2D eigenvalue weighted by Gasteiger charge is -2.32. The second kappa shape index (κ2) is 12.3. The van der Waals surface area contributed by atoms with E-state index in [-0.39, 0.29) is 29.6 Å². The van der Waals surface area contributed by atoms with Gasteiger partial charge in [-0.05, 0) is 64.6 Å². The number of pyridine rings is 2. The Labute approximate surface area is 234 Å². The minimum atomic E-state index is -0.432. The molecule has 1 aromatic carbocycles. The van der Waals surface area contributed by atoms with Gasteiger partial charge in [-0.2, -0.15) is 0 Å². The van der Waals surface area contributed by atoms with Crippen LogP contribution in [0.3, 0.4) is 0 Å². The molecular weight excluding hydrogens is 506 g/mol. The van der Waals surface area contributed by atoms with Crippen LogP contribution < -0.4 is 16.2 Å². The molecular formula is C30H37N7O3. The lowest BCUT2D eigenvalue weighted by molar-refractivity contribution is 0.0664. The Hall–Kier alpha value is -4.31. The number of likely N-dealkylation sites (N-methyl/N-ethyl adjacent to an activating group) is 1. The quantitative estimate of drug-likeness (QED) is 0.323. The number of rotatable bonds is 8. The average molecular weight is 544 g/mol. The molecule has 1 aliphatic rings. The van der Waals surface area contributed by atoms with Crippen molar-refractivity contribution in [1.29, 1.82) is 5.41 Å². The summed E-state index contributed by atoms with van der Waals surface area (Å²) in [6.45, 7) is 10.6. The predicted octanol–water partition coefficient (Wildman–Crippen LogP) is 3.19. The Morgan fingerprint density at radius 1 is 1.12 bits per heavy atom. The molecule has 2 amide bonds. The van der Waals surface area contributed by atoms with Crippen molar-refractivity contribution >= 4 is 23.8 Å². The number of hydrogen-bond donors (Lipinski definition) is 4. The first-order valence-corrected chi connectivity index (χ1v) is 13.4. The summed E-state index contributed by atoms with van der Waals surface area (Å²) < 4.78 is 0. The highest BCUT2D eigenvalue weighted by Gasteiger charge is 2.22. The second-order valence-electron chi connectivity index (χ2n) is 10.6. The molecule has 1 fully saturated rings. The van der Waals surface area contributed by atoms with E-state index < -0.39 is 5.91 Å². The van der Waals surface area contributed by atoms with E-state index in [1.807, 2.05) is 57.8 Å². The summed E-state index contributed by atoms with van der Waals surface area (Å²) in [5.74, 6) is -0.0749. The maximum atomic E-state index is 13.5. The van der Waals surface area contributed by atoms with E-state index in [9.17, 15) is 14.4 Å². The van der Waals surface area contributed by atoms with Crippen LogP contribution in [0.15, 0.2) is 41.2 Å². The van der Waals surface area contributed by atoms with Crippen LogP contribution >= 0.6 is 0 Å². The minimum absolute atomic E-state index is 0.00345. The maximum absolute atomic E-state index is 13.5. The van der Waals surface area contributed by atoms with Gasteiger partial charge in [0, 0.05) is 72.9 Å². The van der Waals surface area contributed by atoms with Gasteiger partial charge < -0.3 is 30.8 Å². The van der Waals surface area contributed by atoms with E-state index in [1.165, 1.54) is 0 Å². The summed E-state index contributed by atoms with van der Waals surface area (Å²) in [7, 11) is 2.04. The zero-order chi connectivity index (χ0) is 29.0. The molecule has 0 saturated carbocycles. The highest BCUT2D eigenvalue weighted by atomic mass is 16.2. The van der Waals surface area contributed by atoms with Crippen LogP contribution in [0.4, 0.5) is 5.82 Å². The fraction of sp³-hybridized carbons (Fsp3) is 0.367. The molecule has 0 atom stereocenters. The van der Waals surface area contributed by atoms with E-state index >= 15 is 0 Å². The Morgan fingerprint density at radius 2 is 1.85 bits per heavy atom. The summed E-state index contributed by atoms with van der Waals surface area (Å²) >= 11 is 0.